The molecular weight excluding hydrogens is 268 g/mol. The largest absolute Gasteiger partial charge is 0.376 e. The maximum absolute atomic E-state index is 12.0. The van der Waals surface area contributed by atoms with Crippen molar-refractivity contribution in [3.63, 3.8) is 0 Å². The van der Waals surface area contributed by atoms with E-state index in [4.69, 9.17) is 16.3 Å². The zero-order valence-electron chi connectivity index (χ0n) is 10.2. The Labute approximate surface area is 114 Å². The summed E-state index contributed by atoms with van der Waals surface area (Å²) >= 11 is 6.11. The van der Waals surface area contributed by atoms with Crippen LogP contribution in [0.5, 0.6) is 0 Å². The van der Waals surface area contributed by atoms with Gasteiger partial charge in [-0.2, -0.15) is 5.10 Å². The highest BCUT2D eigenvalue weighted by atomic mass is 35.5. The summed E-state index contributed by atoms with van der Waals surface area (Å²) < 4.78 is 6.93. The number of carbonyl (C=O) groups excluding carboxylic acids is 1. The molecule has 100 valence electrons. The lowest BCUT2D eigenvalue weighted by atomic mass is 10.2. The molecular formula is C12H13ClN4O2. The molecule has 7 heteroatoms. The van der Waals surface area contributed by atoms with Crippen LogP contribution < -0.4 is 5.32 Å². The van der Waals surface area contributed by atoms with E-state index in [0.717, 1.165) is 19.4 Å². The molecule has 6 nitrogen and oxygen atoms in total. The Hall–Kier alpha value is -1.66. The molecule has 1 saturated heterocycles. The molecule has 1 atom stereocenters. The van der Waals surface area contributed by atoms with E-state index in [-0.39, 0.29) is 22.7 Å². The van der Waals surface area contributed by atoms with Crippen molar-refractivity contribution in [3.05, 3.63) is 29.2 Å². The second kappa shape index (κ2) is 5.14. The summed E-state index contributed by atoms with van der Waals surface area (Å²) in [6.45, 7) is 1.25. The Balaban J connectivity index is 1.75. The van der Waals surface area contributed by atoms with Gasteiger partial charge in [0.25, 0.3) is 5.91 Å². The Morgan fingerprint density at radius 3 is 3.26 bits per heavy atom. The van der Waals surface area contributed by atoms with Gasteiger partial charge in [-0.25, -0.2) is 9.50 Å². The minimum absolute atomic E-state index is 0.0953. The summed E-state index contributed by atoms with van der Waals surface area (Å²) in [5.41, 5.74) is 0.671. The number of hydrogen-bond acceptors (Lipinski definition) is 4. The van der Waals surface area contributed by atoms with Crippen molar-refractivity contribution in [1.82, 2.24) is 19.9 Å². The molecule has 3 heterocycles. The molecule has 1 amide bonds. The predicted octanol–water partition coefficient (Wildman–Crippen LogP) is 1.29. The second-order valence-corrected chi connectivity index (χ2v) is 4.77. The average molecular weight is 281 g/mol. The first-order chi connectivity index (χ1) is 9.25. The number of rotatable bonds is 3. The molecule has 0 aliphatic carbocycles. The standard InChI is InChI=1S/C12H13ClN4O2/c13-9-10(16-17-5-2-4-14-11(9)17)12(18)15-7-8-3-1-6-19-8/h2,4-5,8H,1,3,6-7H2,(H,15,18)/t8-/m0/s1. The summed E-state index contributed by atoms with van der Waals surface area (Å²) in [5.74, 6) is -0.300. The van der Waals surface area contributed by atoms with Gasteiger partial charge in [-0.3, -0.25) is 4.79 Å². The predicted molar refractivity (Wildman–Crippen MR) is 69.3 cm³/mol. The molecule has 1 fully saturated rings. The summed E-state index contributed by atoms with van der Waals surface area (Å²) in [5, 5.41) is 7.19. The lowest BCUT2D eigenvalue weighted by molar-refractivity contribution is 0.0853. The van der Waals surface area contributed by atoms with E-state index in [9.17, 15) is 4.79 Å². The third-order valence-electron chi connectivity index (χ3n) is 3.07. The van der Waals surface area contributed by atoms with Crippen LogP contribution in [0.1, 0.15) is 23.3 Å². The van der Waals surface area contributed by atoms with Gasteiger partial charge in [0.05, 0.1) is 6.10 Å². The second-order valence-electron chi connectivity index (χ2n) is 4.40. The van der Waals surface area contributed by atoms with E-state index in [1.807, 2.05) is 0 Å². The number of nitrogens with zero attached hydrogens (tertiary/aromatic N) is 3. The van der Waals surface area contributed by atoms with Crippen molar-refractivity contribution in [2.24, 2.45) is 0 Å². The summed E-state index contributed by atoms with van der Waals surface area (Å²) in [7, 11) is 0. The summed E-state index contributed by atoms with van der Waals surface area (Å²) in [6.07, 6.45) is 5.42. The molecule has 0 aromatic carbocycles. The van der Waals surface area contributed by atoms with E-state index in [1.165, 1.54) is 4.52 Å². The van der Waals surface area contributed by atoms with Crippen LogP contribution in [0, 0.1) is 0 Å². The molecule has 0 spiro atoms. The zero-order chi connectivity index (χ0) is 13.2. The fourth-order valence-electron chi connectivity index (χ4n) is 2.10. The highest BCUT2D eigenvalue weighted by molar-refractivity contribution is 6.36. The first kappa shape index (κ1) is 12.4. The molecule has 2 aromatic heterocycles. The van der Waals surface area contributed by atoms with Crippen LogP contribution in [-0.4, -0.2) is 39.8 Å². The summed E-state index contributed by atoms with van der Waals surface area (Å²) in [4.78, 5) is 16.1. The van der Waals surface area contributed by atoms with E-state index < -0.39 is 0 Å². The lowest BCUT2D eigenvalue weighted by Gasteiger charge is -2.09. The normalized spacial score (nSPS) is 18.9. The molecule has 19 heavy (non-hydrogen) atoms. The fraction of sp³-hybridized carbons (Fsp3) is 0.417. The Bertz CT molecular complexity index is 607. The van der Waals surface area contributed by atoms with Crippen LogP contribution in [0.25, 0.3) is 5.65 Å². The molecule has 1 aliphatic rings. The highest BCUT2D eigenvalue weighted by Gasteiger charge is 2.21. The molecule has 0 unspecified atom stereocenters. The maximum Gasteiger partial charge on any atom is 0.273 e. The molecule has 3 rings (SSSR count). The van der Waals surface area contributed by atoms with Crippen LogP contribution >= 0.6 is 11.6 Å². The number of amides is 1. The van der Waals surface area contributed by atoms with E-state index in [1.54, 1.807) is 18.5 Å². The van der Waals surface area contributed by atoms with E-state index in [2.05, 4.69) is 15.4 Å². The topological polar surface area (TPSA) is 68.5 Å². The van der Waals surface area contributed by atoms with Crippen LogP contribution in [0.15, 0.2) is 18.5 Å². The van der Waals surface area contributed by atoms with Gasteiger partial charge in [0, 0.05) is 25.5 Å². The number of aromatic nitrogens is 3. The van der Waals surface area contributed by atoms with Crippen molar-refractivity contribution >= 4 is 23.2 Å². The number of ether oxygens (including phenoxy) is 1. The van der Waals surface area contributed by atoms with Gasteiger partial charge in [-0.1, -0.05) is 11.6 Å². The van der Waals surface area contributed by atoms with Crippen molar-refractivity contribution in [2.45, 2.75) is 18.9 Å². The van der Waals surface area contributed by atoms with Gasteiger partial charge >= 0.3 is 0 Å². The monoisotopic (exact) mass is 280 g/mol. The van der Waals surface area contributed by atoms with Gasteiger partial charge < -0.3 is 10.1 Å². The number of hydrogen-bond donors (Lipinski definition) is 1. The molecule has 2 aromatic rings. The summed E-state index contributed by atoms with van der Waals surface area (Å²) in [6, 6.07) is 1.73. The van der Waals surface area contributed by atoms with Crippen LogP contribution in [-0.2, 0) is 4.74 Å². The lowest BCUT2D eigenvalue weighted by Crippen LogP contribution is -2.32. The van der Waals surface area contributed by atoms with Crippen molar-refractivity contribution in [3.8, 4) is 0 Å². The number of fused-ring (bicyclic) bond motifs is 1. The van der Waals surface area contributed by atoms with Gasteiger partial charge in [-0.15, -0.1) is 0 Å². The van der Waals surface area contributed by atoms with Crippen LogP contribution in [0.3, 0.4) is 0 Å². The molecule has 0 bridgehead atoms. The molecule has 1 aliphatic heterocycles. The van der Waals surface area contributed by atoms with Gasteiger partial charge in [0.1, 0.15) is 5.02 Å². The minimum Gasteiger partial charge on any atom is -0.376 e. The Morgan fingerprint density at radius 1 is 1.63 bits per heavy atom. The van der Waals surface area contributed by atoms with E-state index in [0.29, 0.717) is 12.2 Å². The van der Waals surface area contributed by atoms with Gasteiger partial charge in [0.15, 0.2) is 11.3 Å². The molecule has 0 radical (unpaired) electrons. The van der Waals surface area contributed by atoms with Crippen molar-refractivity contribution < 1.29 is 9.53 Å². The number of carbonyl (C=O) groups is 1. The van der Waals surface area contributed by atoms with Crippen LogP contribution in [0.2, 0.25) is 5.02 Å². The van der Waals surface area contributed by atoms with Crippen molar-refractivity contribution in [2.75, 3.05) is 13.2 Å². The molecule has 1 N–H and O–H groups in total. The average Bonchev–Trinajstić information content (AvgIpc) is 3.05. The maximum atomic E-state index is 12.0. The van der Waals surface area contributed by atoms with Gasteiger partial charge in [0.2, 0.25) is 0 Å². The van der Waals surface area contributed by atoms with E-state index >= 15 is 0 Å². The van der Waals surface area contributed by atoms with Gasteiger partial charge in [-0.05, 0) is 18.9 Å². The fourth-order valence-corrected chi connectivity index (χ4v) is 2.36. The first-order valence-corrected chi connectivity index (χ1v) is 6.52. The zero-order valence-corrected chi connectivity index (χ0v) is 10.9. The quantitative estimate of drug-likeness (QED) is 0.920. The van der Waals surface area contributed by atoms with Crippen molar-refractivity contribution in [1.29, 1.82) is 0 Å². The first-order valence-electron chi connectivity index (χ1n) is 6.14. The smallest absolute Gasteiger partial charge is 0.273 e. The molecule has 0 saturated carbocycles. The SMILES string of the molecule is O=C(NC[C@@H]1CCCO1)c1nn2cccnc2c1Cl. The Kier molecular flexibility index (Phi) is 3.35. The third-order valence-corrected chi connectivity index (χ3v) is 3.42. The minimum atomic E-state index is -0.300. The Morgan fingerprint density at radius 2 is 2.53 bits per heavy atom. The highest BCUT2D eigenvalue weighted by Crippen LogP contribution is 2.19. The third kappa shape index (κ3) is 2.41. The number of halogens is 1. The number of nitrogens with one attached hydrogen (secondary N) is 1. The van der Waals surface area contributed by atoms with Crippen LogP contribution in [0.4, 0.5) is 0 Å².